The molecule has 1 N–H and O–H groups in total. The lowest BCUT2D eigenvalue weighted by Gasteiger charge is -2.19. The monoisotopic (exact) mass is 314 g/mol. The third-order valence-electron chi connectivity index (χ3n) is 2.30. The van der Waals surface area contributed by atoms with Gasteiger partial charge in [-0.05, 0) is 18.2 Å². The molecule has 0 saturated carbocycles. The van der Waals surface area contributed by atoms with E-state index >= 15 is 0 Å². The van der Waals surface area contributed by atoms with Crippen LogP contribution in [0.1, 0.15) is 0 Å². The Labute approximate surface area is 114 Å². The van der Waals surface area contributed by atoms with Crippen LogP contribution in [0.15, 0.2) is 24.3 Å². The molecule has 0 aliphatic heterocycles. The summed E-state index contributed by atoms with van der Waals surface area (Å²) in [5.74, 6) is -4.47. The molecule has 0 atom stereocenters. The van der Waals surface area contributed by atoms with Crippen molar-refractivity contribution in [1.29, 1.82) is 0 Å². The van der Waals surface area contributed by atoms with Gasteiger partial charge in [-0.3, -0.25) is 9.59 Å². The normalized spacial score (nSPS) is 12.0. The van der Waals surface area contributed by atoms with E-state index in [0.29, 0.717) is 0 Å². The summed E-state index contributed by atoms with van der Waals surface area (Å²) >= 11 is 0. The number of halogens is 6. The predicted molar refractivity (Wildman–Crippen MR) is 60.6 cm³/mol. The Morgan fingerprint density at radius 2 is 1.62 bits per heavy atom. The molecule has 0 spiro atoms. The maximum absolute atomic E-state index is 12.2. The Hall–Kier alpha value is -2.26. The number of benzene rings is 1. The van der Waals surface area contributed by atoms with Gasteiger partial charge < -0.3 is 10.2 Å². The summed E-state index contributed by atoms with van der Waals surface area (Å²) in [7, 11) is 0.806. The van der Waals surface area contributed by atoms with E-state index in [0.717, 1.165) is 31.3 Å². The molecule has 0 saturated heterocycles. The first kappa shape index (κ1) is 16.8. The Bertz CT molecular complexity index is 552. The number of nitrogens with zero attached hydrogens (tertiary/aromatic N) is 1. The summed E-state index contributed by atoms with van der Waals surface area (Å²) in [6.45, 7) is 0. The molecule has 1 aromatic rings. The van der Waals surface area contributed by atoms with Crippen LogP contribution in [0.25, 0.3) is 0 Å². The molecule has 0 aliphatic carbocycles. The van der Waals surface area contributed by atoms with Crippen LogP contribution in [0.5, 0.6) is 0 Å². The second-order valence-corrected chi connectivity index (χ2v) is 3.86. The fourth-order valence-corrected chi connectivity index (χ4v) is 1.30. The van der Waals surface area contributed by atoms with Crippen LogP contribution < -0.4 is 10.2 Å². The van der Waals surface area contributed by atoms with Gasteiger partial charge in [-0.1, -0.05) is 6.07 Å². The van der Waals surface area contributed by atoms with E-state index < -0.39 is 29.9 Å². The first-order chi connectivity index (χ1) is 9.43. The number of alkyl halides is 6. The van der Waals surface area contributed by atoms with E-state index in [4.69, 9.17) is 0 Å². The summed E-state index contributed by atoms with van der Waals surface area (Å²) in [5, 5.41) is 1.47. The molecule has 0 heterocycles. The van der Waals surface area contributed by atoms with Crippen molar-refractivity contribution in [3.63, 3.8) is 0 Å². The van der Waals surface area contributed by atoms with Gasteiger partial charge in [0.2, 0.25) is 0 Å². The van der Waals surface area contributed by atoms with Crippen molar-refractivity contribution < 1.29 is 35.9 Å². The van der Waals surface area contributed by atoms with Gasteiger partial charge in [0.25, 0.3) is 0 Å². The largest absolute Gasteiger partial charge is 0.471 e. The average molecular weight is 314 g/mol. The minimum Gasteiger partial charge on any atom is -0.318 e. The fraction of sp³-hybridized carbons (Fsp3) is 0.273. The van der Waals surface area contributed by atoms with E-state index in [1.165, 1.54) is 5.32 Å². The molecule has 0 fully saturated rings. The molecule has 1 rings (SSSR count). The van der Waals surface area contributed by atoms with Gasteiger partial charge >= 0.3 is 24.2 Å². The second kappa shape index (κ2) is 5.62. The summed E-state index contributed by atoms with van der Waals surface area (Å²) in [5.41, 5.74) is -0.714. The smallest absolute Gasteiger partial charge is 0.318 e. The van der Waals surface area contributed by atoms with Gasteiger partial charge in [-0.2, -0.15) is 26.3 Å². The topological polar surface area (TPSA) is 49.4 Å². The average Bonchev–Trinajstić information content (AvgIpc) is 2.35. The third kappa shape index (κ3) is 4.36. The highest BCUT2D eigenvalue weighted by atomic mass is 19.4. The SMILES string of the molecule is CN(C(=O)C(F)(F)F)c1cccc(NC(=O)C(F)(F)F)c1. The van der Waals surface area contributed by atoms with Gasteiger partial charge in [0, 0.05) is 18.4 Å². The summed E-state index contributed by atoms with van der Waals surface area (Å²) in [4.78, 5) is 21.9. The lowest BCUT2D eigenvalue weighted by atomic mass is 10.2. The zero-order chi connectivity index (χ0) is 16.4. The van der Waals surface area contributed by atoms with Gasteiger partial charge in [-0.25, -0.2) is 0 Å². The van der Waals surface area contributed by atoms with Crippen molar-refractivity contribution >= 4 is 23.2 Å². The van der Waals surface area contributed by atoms with Crippen LogP contribution in [-0.4, -0.2) is 31.2 Å². The van der Waals surface area contributed by atoms with Crippen molar-refractivity contribution in [3.05, 3.63) is 24.3 Å². The van der Waals surface area contributed by atoms with Crippen LogP contribution >= 0.6 is 0 Å². The molecule has 0 aromatic heterocycles. The lowest BCUT2D eigenvalue weighted by molar-refractivity contribution is -0.170. The van der Waals surface area contributed by atoms with E-state index in [9.17, 15) is 35.9 Å². The lowest BCUT2D eigenvalue weighted by Crippen LogP contribution is -2.38. The van der Waals surface area contributed by atoms with E-state index in [1.54, 1.807) is 0 Å². The number of rotatable bonds is 2. The number of anilines is 2. The fourth-order valence-electron chi connectivity index (χ4n) is 1.30. The third-order valence-corrected chi connectivity index (χ3v) is 2.30. The number of carbonyl (C=O) groups is 2. The highest BCUT2D eigenvalue weighted by molar-refractivity contribution is 5.98. The maximum Gasteiger partial charge on any atom is 0.471 e. The van der Waals surface area contributed by atoms with Crippen LogP contribution in [0.2, 0.25) is 0 Å². The molecular formula is C11H8F6N2O2. The first-order valence-corrected chi connectivity index (χ1v) is 5.26. The Balaban J connectivity index is 2.96. The summed E-state index contributed by atoms with van der Waals surface area (Å²) < 4.78 is 72.9. The summed E-state index contributed by atoms with van der Waals surface area (Å²) in [6, 6.07) is 4.03. The molecule has 21 heavy (non-hydrogen) atoms. The van der Waals surface area contributed by atoms with Crippen molar-refractivity contribution in [1.82, 2.24) is 0 Å². The zero-order valence-electron chi connectivity index (χ0n) is 10.3. The second-order valence-electron chi connectivity index (χ2n) is 3.86. The Kier molecular flexibility index (Phi) is 4.49. The molecule has 2 amide bonds. The van der Waals surface area contributed by atoms with Gasteiger partial charge in [0.05, 0.1) is 0 Å². The quantitative estimate of drug-likeness (QED) is 0.853. The first-order valence-electron chi connectivity index (χ1n) is 5.26. The number of hydrogen-bond acceptors (Lipinski definition) is 2. The van der Waals surface area contributed by atoms with Gasteiger partial charge in [0.1, 0.15) is 0 Å². The molecular weight excluding hydrogens is 306 g/mol. The molecule has 4 nitrogen and oxygen atoms in total. The molecule has 10 heteroatoms. The number of carbonyl (C=O) groups excluding carboxylic acids is 2. The van der Waals surface area contributed by atoms with E-state index in [-0.39, 0.29) is 10.6 Å². The minimum absolute atomic E-state index is 0.212. The molecule has 116 valence electrons. The molecule has 0 unspecified atom stereocenters. The van der Waals surface area contributed by atoms with Crippen LogP contribution in [-0.2, 0) is 9.59 Å². The number of hydrogen-bond donors (Lipinski definition) is 1. The van der Waals surface area contributed by atoms with Crippen LogP contribution in [0.4, 0.5) is 37.7 Å². The molecule has 1 aromatic carbocycles. The van der Waals surface area contributed by atoms with E-state index in [2.05, 4.69) is 0 Å². The predicted octanol–water partition coefficient (Wildman–Crippen LogP) is 2.71. The van der Waals surface area contributed by atoms with Crippen molar-refractivity contribution in [2.45, 2.75) is 12.4 Å². The number of amides is 2. The molecule has 0 radical (unpaired) electrons. The minimum atomic E-state index is -5.14. The van der Waals surface area contributed by atoms with Crippen molar-refractivity contribution in [2.24, 2.45) is 0 Å². The van der Waals surface area contributed by atoms with Gasteiger partial charge in [0.15, 0.2) is 0 Å². The van der Waals surface area contributed by atoms with Crippen LogP contribution in [0, 0.1) is 0 Å². The van der Waals surface area contributed by atoms with Gasteiger partial charge in [-0.15, -0.1) is 0 Å². The standard InChI is InChI=1S/C11H8F6N2O2/c1-19(9(21)11(15,16)17)7-4-2-3-6(5-7)18-8(20)10(12,13)14/h2-5H,1H3,(H,18,20). The molecule has 0 bridgehead atoms. The molecule has 0 aliphatic rings. The Morgan fingerprint density at radius 1 is 1.05 bits per heavy atom. The van der Waals surface area contributed by atoms with Crippen LogP contribution in [0.3, 0.4) is 0 Å². The van der Waals surface area contributed by atoms with Crippen molar-refractivity contribution in [2.75, 3.05) is 17.3 Å². The number of nitrogens with one attached hydrogen (secondary N) is 1. The zero-order valence-corrected chi connectivity index (χ0v) is 10.3. The Morgan fingerprint density at radius 3 is 2.10 bits per heavy atom. The maximum atomic E-state index is 12.2. The highest BCUT2D eigenvalue weighted by Gasteiger charge is 2.42. The summed E-state index contributed by atoms with van der Waals surface area (Å²) in [6.07, 6.45) is -10.3. The van der Waals surface area contributed by atoms with E-state index in [1.807, 2.05) is 0 Å². The highest BCUT2D eigenvalue weighted by Crippen LogP contribution is 2.25. The van der Waals surface area contributed by atoms with Crippen molar-refractivity contribution in [3.8, 4) is 0 Å².